The molecule has 4 N–H and O–H groups in total. The maximum atomic E-state index is 10.3. The number of methoxy groups -OCH3 is 1. The Kier molecular flexibility index (Phi) is 5.36. The van der Waals surface area contributed by atoms with Crippen molar-refractivity contribution in [3.05, 3.63) is 34.4 Å². The van der Waals surface area contributed by atoms with Crippen molar-refractivity contribution >= 4 is 15.9 Å². The molecule has 0 radical (unpaired) electrons. The molecule has 0 spiro atoms. The predicted octanol–water partition coefficient (Wildman–Crippen LogP) is -0.248. The molecule has 0 aliphatic carbocycles. The Bertz CT molecular complexity index is 451. The van der Waals surface area contributed by atoms with Gasteiger partial charge < -0.3 is 4.74 Å². The van der Waals surface area contributed by atoms with Gasteiger partial charge in [0.1, 0.15) is 0 Å². The van der Waals surface area contributed by atoms with Crippen molar-refractivity contribution in [2.24, 2.45) is 10.3 Å². The molecule has 0 aromatic heterocycles. The third-order valence-corrected chi connectivity index (χ3v) is 1.28. The Labute approximate surface area is 92.1 Å². The molecule has 0 bridgehead atoms. The molecule has 16 heavy (non-hydrogen) atoms. The van der Waals surface area contributed by atoms with Crippen molar-refractivity contribution in [1.82, 2.24) is 0 Å². The lowest BCUT2D eigenvalue weighted by Crippen LogP contribution is -2.21. The second kappa shape index (κ2) is 6.00. The minimum atomic E-state index is -3.67. The molecule has 0 amide bonds. The molecule has 0 saturated heterocycles. The molecule has 0 aliphatic rings. The van der Waals surface area contributed by atoms with Gasteiger partial charge in [0.15, 0.2) is 5.75 Å². The molecule has 1 aromatic carbocycles. The summed E-state index contributed by atoms with van der Waals surface area (Å²) in [6.07, 6.45) is 0. The number of hydrogen-bond acceptors (Lipinski definition) is 5. The summed E-state index contributed by atoms with van der Waals surface area (Å²) in [6.45, 7) is 0. The Balaban J connectivity index is 0.000000385. The Morgan fingerprint density at radius 2 is 1.75 bits per heavy atom. The van der Waals surface area contributed by atoms with Crippen LogP contribution in [0.1, 0.15) is 0 Å². The number of nitrogens with two attached hydrogens (primary N) is 2. The van der Waals surface area contributed by atoms with Crippen LogP contribution in [0.4, 0.5) is 5.69 Å². The summed E-state index contributed by atoms with van der Waals surface area (Å²) in [5.74, 6) is 0.289. The van der Waals surface area contributed by atoms with Gasteiger partial charge in [0.2, 0.25) is 0 Å². The smallest absolute Gasteiger partial charge is 0.310 e. The van der Waals surface area contributed by atoms with Gasteiger partial charge in [0, 0.05) is 6.07 Å². The van der Waals surface area contributed by atoms with Crippen molar-refractivity contribution < 1.29 is 18.1 Å². The summed E-state index contributed by atoms with van der Waals surface area (Å²) < 4.78 is 23.1. The van der Waals surface area contributed by atoms with Crippen LogP contribution in [0.25, 0.3) is 0 Å². The molecule has 1 rings (SSSR count). The lowest BCUT2D eigenvalue weighted by atomic mass is 10.3. The standard InChI is InChI=1S/C7H7NO3.H4N2O2S/c1-11-7-5-3-2-4-6(7)8(9)10;1-5(2,3)4/h2-5H,1H3;(H4,1,2,3,4). The normalized spacial score (nSPS) is 9.94. The molecule has 8 nitrogen and oxygen atoms in total. The third-order valence-electron chi connectivity index (χ3n) is 1.28. The van der Waals surface area contributed by atoms with Crippen LogP contribution in [0, 0.1) is 10.1 Å². The summed E-state index contributed by atoms with van der Waals surface area (Å²) in [5.41, 5.74) is -0.00463. The highest BCUT2D eigenvalue weighted by molar-refractivity contribution is 7.86. The first kappa shape index (κ1) is 14.3. The fraction of sp³-hybridized carbons (Fsp3) is 0.143. The summed E-state index contributed by atoms with van der Waals surface area (Å²) >= 11 is 0. The quantitative estimate of drug-likeness (QED) is 0.549. The fourth-order valence-corrected chi connectivity index (χ4v) is 0.781. The number of ether oxygens (including phenoxy) is 1. The van der Waals surface area contributed by atoms with E-state index in [1.807, 2.05) is 0 Å². The summed E-state index contributed by atoms with van der Waals surface area (Å²) in [4.78, 5) is 9.83. The number of rotatable bonds is 2. The van der Waals surface area contributed by atoms with Gasteiger partial charge in [0.05, 0.1) is 12.0 Å². The van der Waals surface area contributed by atoms with E-state index in [0.29, 0.717) is 0 Å². The van der Waals surface area contributed by atoms with Gasteiger partial charge in [0.25, 0.3) is 10.2 Å². The van der Waals surface area contributed by atoms with Gasteiger partial charge in [-0.2, -0.15) is 8.42 Å². The van der Waals surface area contributed by atoms with Crippen molar-refractivity contribution in [3.63, 3.8) is 0 Å². The monoisotopic (exact) mass is 249 g/mol. The van der Waals surface area contributed by atoms with Gasteiger partial charge in [-0.15, -0.1) is 0 Å². The zero-order valence-corrected chi connectivity index (χ0v) is 9.18. The zero-order valence-electron chi connectivity index (χ0n) is 8.36. The summed E-state index contributed by atoms with van der Waals surface area (Å²) in [5, 5.41) is 18.5. The summed E-state index contributed by atoms with van der Waals surface area (Å²) in [7, 11) is -2.26. The average molecular weight is 249 g/mol. The molecular weight excluding hydrogens is 238 g/mol. The van der Waals surface area contributed by atoms with Crippen molar-refractivity contribution in [1.29, 1.82) is 0 Å². The highest BCUT2D eigenvalue weighted by atomic mass is 32.2. The lowest BCUT2D eigenvalue weighted by molar-refractivity contribution is -0.385. The van der Waals surface area contributed by atoms with E-state index in [1.54, 1.807) is 18.2 Å². The van der Waals surface area contributed by atoms with Crippen LogP contribution in [0.5, 0.6) is 5.75 Å². The topological polar surface area (TPSA) is 139 Å². The van der Waals surface area contributed by atoms with Crippen LogP contribution in [0.2, 0.25) is 0 Å². The molecule has 0 fully saturated rings. The first-order valence-corrected chi connectivity index (χ1v) is 5.44. The summed E-state index contributed by atoms with van der Waals surface area (Å²) in [6, 6.07) is 6.24. The molecular formula is C7H11N3O5S. The molecule has 0 atom stereocenters. The Morgan fingerprint density at radius 1 is 1.31 bits per heavy atom. The molecule has 0 aliphatic heterocycles. The van der Waals surface area contributed by atoms with Gasteiger partial charge in [-0.3, -0.25) is 10.1 Å². The van der Waals surface area contributed by atoms with Crippen LogP contribution in [0.3, 0.4) is 0 Å². The van der Waals surface area contributed by atoms with E-state index in [4.69, 9.17) is 4.74 Å². The number of benzene rings is 1. The number of nitrogens with zero attached hydrogens (tertiary/aromatic N) is 1. The van der Waals surface area contributed by atoms with Crippen molar-refractivity contribution in [2.75, 3.05) is 7.11 Å². The maximum absolute atomic E-state index is 10.3. The van der Waals surface area contributed by atoms with Crippen LogP contribution in [-0.2, 0) is 10.2 Å². The molecule has 0 unspecified atom stereocenters. The average Bonchev–Trinajstić information content (AvgIpc) is 2.15. The van der Waals surface area contributed by atoms with E-state index in [-0.39, 0.29) is 11.4 Å². The Hall–Kier alpha value is -1.71. The molecule has 0 heterocycles. The predicted molar refractivity (Wildman–Crippen MR) is 56.9 cm³/mol. The van der Waals surface area contributed by atoms with Crippen molar-refractivity contribution in [2.45, 2.75) is 0 Å². The molecule has 1 aromatic rings. The highest BCUT2D eigenvalue weighted by Gasteiger charge is 2.11. The number of hydrogen-bond donors (Lipinski definition) is 2. The van der Waals surface area contributed by atoms with Crippen LogP contribution in [-0.4, -0.2) is 20.5 Å². The molecule has 90 valence electrons. The van der Waals surface area contributed by atoms with Crippen LogP contribution in [0.15, 0.2) is 24.3 Å². The lowest BCUT2D eigenvalue weighted by Gasteiger charge is -1.98. The number of nitro benzene ring substituents is 1. The largest absolute Gasteiger partial charge is 0.490 e. The van der Waals surface area contributed by atoms with E-state index >= 15 is 0 Å². The van der Waals surface area contributed by atoms with Crippen LogP contribution >= 0.6 is 0 Å². The van der Waals surface area contributed by atoms with Crippen LogP contribution < -0.4 is 15.0 Å². The van der Waals surface area contributed by atoms with Gasteiger partial charge in [-0.05, 0) is 6.07 Å². The van der Waals surface area contributed by atoms with Gasteiger partial charge in [-0.1, -0.05) is 12.1 Å². The Morgan fingerprint density at radius 3 is 2.06 bits per heavy atom. The third kappa shape index (κ3) is 6.70. The molecule has 0 saturated carbocycles. The second-order valence-electron chi connectivity index (χ2n) is 2.52. The maximum Gasteiger partial charge on any atom is 0.310 e. The van der Waals surface area contributed by atoms with E-state index in [0.717, 1.165) is 0 Å². The second-order valence-corrected chi connectivity index (χ2v) is 3.70. The van der Waals surface area contributed by atoms with Gasteiger partial charge >= 0.3 is 5.69 Å². The van der Waals surface area contributed by atoms with E-state index in [2.05, 4.69) is 10.3 Å². The SMILES string of the molecule is COc1ccccc1[N+](=O)[O-].NS(N)(=O)=O. The number of para-hydroxylation sites is 2. The zero-order chi connectivity index (χ0) is 12.8. The number of nitro groups is 1. The minimum absolute atomic E-state index is 0.00463. The van der Waals surface area contributed by atoms with E-state index in [1.165, 1.54) is 13.2 Å². The first-order valence-electron chi connectivity index (χ1n) is 3.83. The fourth-order valence-electron chi connectivity index (χ4n) is 0.781. The minimum Gasteiger partial charge on any atom is -0.490 e. The van der Waals surface area contributed by atoms with E-state index in [9.17, 15) is 18.5 Å². The molecule has 9 heteroatoms. The highest BCUT2D eigenvalue weighted by Crippen LogP contribution is 2.24. The van der Waals surface area contributed by atoms with Crippen molar-refractivity contribution in [3.8, 4) is 5.75 Å². The van der Waals surface area contributed by atoms with Gasteiger partial charge in [-0.25, -0.2) is 10.3 Å². The first-order chi connectivity index (χ1) is 7.25. The van der Waals surface area contributed by atoms with E-state index < -0.39 is 15.1 Å².